The van der Waals surface area contributed by atoms with E-state index in [0.29, 0.717) is 38.7 Å². The van der Waals surface area contributed by atoms with E-state index in [9.17, 15) is 8.42 Å². The van der Waals surface area contributed by atoms with Gasteiger partial charge in [-0.25, -0.2) is 8.42 Å². The SMILES string of the molecule is COCCCOCCNCC1CCCS1(=O)=O. The van der Waals surface area contributed by atoms with Crippen LogP contribution in [0.15, 0.2) is 0 Å². The van der Waals surface area contributed by atoms with E-state index >= 15 is 0 Å². The Labute approximate surface area is 104 Å². The molecule has 1 saturated heterocycles. The Morgan fingerprint density at radius 3 is 2.76 bits per heavy atom. The molecular formula is C11H23NO4S. The summed E-state index contributed by atoms with van der Waals surface area (Å²) in [6.45, 7) is 3.30. The minimum atomic E-state index is -2.81. The van der Waals surface area contributed by atoms with Gasteiger partial charge in [-0.1, -0.05) is 0 Å². The number of hydrogen-bond donors (Lipinski definition) is 1. The van der Waals surface area contributed by atoms with Crippen molar-refractivity contribution in [1.82, 2.24) is 5.32 Å². The van der Waals surface area contributed by atoms with Crippen molar-refractivity contribution in [2.24, 2.45) is 0 Å². The Hall–Kier alpha value is -0.170. The Balaban J connectivity index is 1.94. The molecular weight excluding hydrogens is 242 g/mol. The lowest BCUT2D eigenvalue weighted by molar-refractivity contribution is 0.104. The molecule has 0 spiro atoms. The van der Waals surface area contributed by atoms with Crippen molar-refractivity contribution in [2.45, 2.75) is 24.5 Å². The third kappa shape index (κ3) is 5.81. The van der Waals surface area contributed by atoms with Gasteiger partial charge in [0.2, 0.25) is 0 Å². The van der Waals surface area contributed by atoms with E-state index in [2.05, 4.69) is 5.32 Å². The molecule has 0 aromatic carbocycles. The van der Waals surface area contributed by atoms with Crippen LogP contribution in [0.1, 0.15) is 19.3 Å². The Kier molecular flexibility index (Phi) is 7.03. The van der Waals surface area contributed by atoms with Crippen molar-refractivity contribution in [3.05, 3.63) is 0 Å². The van der Waals surface area contributed by atoms with Gasteiger partial charge >= 0.3 is 0 Å². The van der Waals surface area contributed by atoms with Crippen molar-refractivity contribution in [3.63, 3.8) is 0 Å². The minimum Gasteiger partial charge on any atom is -0.385 e. The summed E-state index contributed by atoms with van der Waals surface area (Å²) in [5.41, 5.74) is 0. The molecule has 0 aromatic rings. The van der Waals surface area contributed by atoms with Crippen LogP contribution in [0.5, 0.6) is 0 Å². The van der Waals surface area contributed by atoms with Gasteiger partial charge in [0.05, 0.1) is 17.6 Å². The summed E-state index contributed by atoms with van der Waals surface area (Å²) in [5, 5.41) is 2.95. The summed E-state index contributed by atoms with van der Waals surface area (Å²) in [5.74, 6) is 0.354. The highest BCUT2D eigenvalue weighted by Crippen LogP contribution is 2.18. The summed E-state index contributed by atoms with van der Waals surface area (Å²) < 4.78 is 33.3. The fourth-order valence-corrected chi connectivity index (χ4v) is 3.70. The molecule has 1 heterocycles. The summed E-state index contributed by atoms with van der Waals surface area (Å²) in [6.07, 6.45) is 2.50. The van der Waals surface area contributed by atoms with Crippen molar-refractivity contribution in [1.29, 1.82) is 0 Å². The van der Waals surface area contributed by atoms with Crippen molar-refractivity contribution >= 4 is 9.84 Å². The number of methoxy groups -OCH3 is 1. The third-order valence-corrected chi connectivity index (χ3v) is 5.17. The van der Waals surface area contributed by atoms with Crippen molar-refractivity contribution in [2.75, 3.05) is 45.8 Å². The van der Waals surface area contributed by atoms with Gasteiger partial charge in [0, 0.05) is 33.4 Å². The summed E-state index contributed by atoms with van der Waals surface area (Å²) in [7, 11) is -1.14. The standard InChI is InChI=1S/C11H23NO4S/c1-15-6-3-7-16-8-5-12-10-11-4-2-9-17(11,13)14/h11-12H,2-10H2,1H3. The molecule has 1 atom stereocenters. The molecule has 17 heavy (non-hydrogen) atoms. The molecule has 6 heteroatoms. The summed E-state index contributed by atoms with van der Waals surface area (Å²) in [6, 6.07) is 0. The van der Waals surface area contributed by atoms with E-state index in [1.807, 2.05) is 0 Å². The van der Waals surface area contributed by atoms with Crippen LogP contribution in [0.2, 0.25) is 0 Å². The zero-order valence-electron chi connectivity index (χ0n) is 10.5. The van der Waals surface area contributed by atoms with Crippen molar-refractivity contribution < 1.29 is 17.9 Å². The molecule has 0 saturated carbocycles. The van der Waals surface area contributed by atoms with Crippen LogP contribution in [0.25, 0.3) is 0 Å². The molecule has 0 bridgehead atoms. The predicted molar refractivity (Wildman–Crippen MR) is 67.0 cm³/mol. The van der Waals surface area contributed by atoms with Crippen LogP contribution in [0.4, 0.5) is 0 Å². The first-order valence-electron chi connectivity index (χ1n) is 6.16. The molecule has 1 aliphatic rings. The van der Waals surface area contributed by atoms with E-state index < -0.39 is 9.84 Å². The molecule has 0 aliphatic carbocycles. The molecule has 102 valence electrons. The van der Waals surface area contributed by atoms with Crippen LogP contribution in [-0.4, -0.2) is 59.4 Å². The Morgan fingerprint density at radius 2 is 2.12 bits per heavy atom. The lowest BCUT2D eigenvalue weighted by Gasteiger charge is -2.10. The third-order valence-electron chi connectivity index (χ3n) is 2.90. The number of nitrogens with one attached hydrogen (secondary N) is 1. The van der Waals surface area contributed by atoms with Crippen LogP contribution < -0.4 is 5.32 Å². The monoisotopic (exact) mass is 265 g/mol. The van der Waals surface area contributed by atoms with Gasteiger partial charge in [0.1, 0.15) is 0 Å². The molecule has 0 aromatic heterocycles. The van der Waals surface area contributed by atoms with Gasteiger partial charge in [-0.05, 0) is 19.3 Å². The van der Waals surface area contributed by atoms with Gasteiger partial charge in [-0.2, -0.15) is 0 Å². The first-order chi connectivity index (χ1) is 8.17. The fourth-order valence-electron chi connectivity index (χ4n) is 1.90. The smallest absolute Gasteiger partial charge is 0.154 e. The first kappa shape index (κ1) is 14.9. The summed E-state index contributed by atoms with van der Waals surface area (Å²) >= 11 is 0. The molecule has 1 unspecified atom stereocenters. The van der Waals surface area contributed by atoms with Crippen LogP contribution >= 0.6 is 0 Å². The van der Waals surface area contributed by atoms with Gasteiger partial charge < -0.3 is 14.8 Å². The molecule has 5 nitrogen and oxygen atoms in total. The number of sulfone groups is 1. The van der Waals surface area contributed by atoms with E-state index in [4.69, 9.17) is 9.47 Å². The quantitative estimate of drug-likeness (QED) is 0.604. The van der Waals surface area contributed by atoms with E-state index in [1.54, 1.807) is 7.11 Å². The van der Waals surface area contributed by atoms with Gasteiger partial charge in [-0.3, -0.25) is 0 Å². The minimum absolute atomic E-state index is 0.184. The van der Waals surface area contributed by atoms with Crippen molar-refractivity contribution in [3.8, 4) is 0 Å². The Morgan fingerprint density at radius 1 is 1.29 bits per heavy atom. The normalized spacial score (nSPS) is 23.0. The van der Waals surface area contributed by atoms with Crippen LogP contribution in [0.3, 0.4) is 0 Å². The number of rotatable bonds is 9. The number of hydrogen-bond acceptors (Lipinski definition) is 5. The first-order valence-corrected chi connectivity index (χ1v) is 7.87. The average Bonchev–Trinajstić information content (AvgIpc) is 2.62. The van der Waals surface area contributed by atoms with E-state index in [1.165, 1.54) is 0 Å². The maximum absolute atomic E-state index is 11.5. The van der Waals surface area contributed by atoms with Crippen LogP contribution in [0, 0.1) is 0 Å². The highest BCUT2D eigenvalue weighted by atomic mass is 32.2. The largest absolute Gasteiger partial charge is 0.385 e. The van der Waals surface area contributed by atoms with Gasteiger partial charge in [0.25, 0.3) is 0 Å². The second kappa shape index (κ2) is 8.02. The highest BCUT2D eigenvalue weighted by molar-refractivity contribution is 7.92. The fraction of sp³-hybridized carbons (Fsp3) is 1.00. The second-order valence-corrected chi connectivity index (χ2v) is 6.69. The Bertz CT molecular complexity index is 292. The van der Waals surface area contributed by atoms with Crippen LogP contribution in [-0.2, 0) is 19.3 Å². The molecule has 0 amide bonds. The van der Waals surface area contributed by atoms with Gasteiger partial charge in [-0.15, -0.1) is 0 Å². The zero-order chi connectivity index (χ0) is 12.6. The lowest BCUT2D eigenvalue weighted by atomic mass is 10.2. The van der Waals surface area contributed by atoms with E-state index in [0.717, 1.165) is 19.3 Å². The maximum Gasteiger partial charge on any atom is 0.154 e. The average molecular weight is 265 g/mol. The molecule has 0 radical (unpaired) electrons. The zero-order valence-corrected chi connectivity index (χ0v) is 11.3. The highest BCUT2D eigenvalue weighted by Gasteiger charge is 2.30. The second-order valence-electron chi connectivity index (χ2n) is 4.29. The topological polar surface area (TPSA) is 64.6 Å². The predicted octanol–water partition coefficient (Wildman–Crippen LogP) is 0.206. The molecule has 1 rings (SSSR count). The van der Waals surface area contributed by atoms with E-state index in [-0.39, 0.29) is 5.25 Å². The maximum atomic E-state index is 11.5. The molecule has 1 fully saturated rings. The molecule has 1 N–H and O–H groups in total. The molecule has 1 aliphatic heterocycles. The summed E-state index contributed by atoms with van der Waals surface area (Å²) in [4.78, 5) is 0. The van der Waals surface area contributed by atoms with Gasteiger partial charge in [0.15, 0.2) is 9.84 Å². The number of ether oxygens (including phenoxy) is 2. The lowest BCUT2D eigenvalue weighted by Crippen LogP contribution is -2.32.